The molecular formula is C14H21FN2O3S. The minimum absolute atomic E-state index is 0.0849. The molecule has 0 aliphatic carbocycles. The van der Waals surface area contributed by atoms with Gasteiger partial charge in [-0.2, -0.15) is 0 Å². The van der Waals surface area contributed by atoms with Crippen LogP contribution in [0.15, 0.2) is 23.1 Å². The predicted octanol–water partition coefficient (Wildman–Crippen LogP) is 1.52. The Hall–Kier alpha value is -1.02. The SMILES string of the molecule is NCc1ccc(F)c(S(=O)(=O)NCCC2CCCCO2)c1. The smallest absolute Gasteiger partial charge is 0.243 e. The topological polar surface area (TPSA) is 81.4 Å². The van der Waals surface area contributed by atoms with Gasteiger partial charge in [-0.05, 0) is 43.4 Å². The van der Waals surface area contributed by atoms with Gasteiger partial charge in [-0.15, -0.1) is 0 Å². The van der Waals surface area contributed by atoms with Gasteiger partial charge in [0.25, 0.3) is 0 Å². The van der Waals surface area contributed by atoms with E-state index in [2.05, 4.69) is 4.72 Å². The molecule has 3 N–H and O–H groups in total. The molecule has 1 unspecified atom stereocenters. The molecule has 1 fully saturated rings. The lowest BCUT2D eigenvalue weighted by Gasteiger charge is -2.22. The summed E-state index contributed by atoms with van der Waals surface area (Å²) in [6.07, 6.45) is 3.78. The minimum atomic E-state index is -3.86. The summed E-state index contributed by atoms with van der Waals surface area (Å²) >= 11 is 0. The van der Waals surface area contributed by atoms with Gasteiger partial charge in [0.2, 0.25) is 10.0 Å². The maximum Gasteiger partial charge on any atom is 0.243 e. The van der Waals surface area contributed by atoms with Gasteiger partial charge in [-0.3, -0.25) is 0 Å². The third kappa shape index (κ3) is 4.47. The van der Waals surface area contributed by atoms with E-state index in [1.54, 1.807) is 0 Å². The lowest BCUT2D eigenvalue weighted by molar-refractivity contribution is 0.0123. The first kappa shape index (κ1) is 16.4. The van der Waals surface area contributed by atoms with Gasteiger partial charge in [-0.25, -0.2) is 17.5 Å². The molecule has 1 aliphatic heterocycles. The number of benzene rings is 1. The van der Waals surface area contributed by atoms with E-state index in [1.807, 2.05) is 0 Å². The van der Waals surface area contributed by atoms with Crippen molar-refractivity contribution in [3.63, 3.8) is 0 Å². The molecule has 0 saturated carbocycles. The number of nitrogens with two attached hydrogens (primary N) is 1. The molecule has 1 aromatic carbocycles. The number of nitrogens with one attached hydrogen (secondary N) is 1. The highest BCUT2D eigenvalue weighted by molar-refractivity contribution is 7.89. The maximum absolute atomic E-state index is 13.7. The average molecular weight is 316 g/mol. The van der Waals surface area contributed by atoms with Crippen LogP contribution in [0.1, 0.15) is 31.2 Å². The molecule has 118 valence electrons. The van der Waals surface area contributed by atoms with Crippen LogP contribution in [-0.2, 0) is 21.3 Å². The number of halogens is 1. The van der Waals surface area contributed by atoms with Crippen LogP contribution in [0.4, 0.5) is 4.39 Å². The van der Waals surface area contributed by atoms with Crippen LogP contribution in [0, 0.1) is 5.82 Å². The Balaban J connectivity index is 1.97. The van der Waals surface area contributed by atoms with Gasteiger partial charge < -0.3 is 10.5 Å². The highest BCUT2D eigenvalue weighted by Gasteiger charge is 2.20. The fraction of sp³-hybridized carbons (Fsp3) is 0.571. The van der Waals surface area contributed by atoms with Crippen molar-refractivity contribution in [2.24, 2.45) is 5.73 Å². The van der Waals surface area contributed by atoms with Gasteiger partial charge in [0.05, 0.1) is 6.10 Å². The molecule has 7 heteroatoms. The number of rotatable bonds is 6. The zero-order valence-corrected chi connectivity index (χ0v) is 12.7. The number of hydrogen-bond acceptors (Lipinski definition) is 4. The Morgan fingerprint density at radius 3 is 2.86 bits per heavy atom. The highest BCUT2D eigenvalue weighted by atomic mass is 32.2. The van der Waals surface area contributed by atoms with Crippen LogP contribution in [0.2, 0.25) is 0 Å². The zero-order chi connectivity index (χ0) is 15.3. The van der Waals surface area contributed by atoms with E-state index in [0.29, 0.717) is 12.0 Å². The Morgan fingerprint density at radius 1 is 1.38 bits per heavy atom. The van der Waals surface area contributed by atoms with Crippen LogP contribution < -0.4 is 10.5 Å². The second-order valence-corrected chi connectivity index (χ2v) is 6.88. The molecule has 1 aliphatic rings. The van der Waals surface area contributed by atoms with Crippen molar-refractivity contribution in [1.82, 2.24) is 4.72 Å². The first-order valence-corrected chi connectivity index (χ1v) is 8.61. The van der Waals surface area contributed by atoms with E-state index < -0.39 is 15.8 Å². The van der Waals surface area contributed by atoms with Crippen molar-refractivity contribution in [3.05, 3.63) is 29.6 Å². The Labute approximate surface area is 124 Å². The number of sulfonamides is 1. The van der Waals surface area contributed by atoms with Crippen LogP contribution in [0.25, 0.3) is 0 Å². The van der Waals surface area contributed by atoms with Crippen molar-refractivity contribution in [3.8, 4) is 0 Å². The average Bonchev–Trinajstić information content (AvgIpc) is 2.48. The van der Waals surface area contributed by atoms with Crippen LogP contribution >= 0.6 is 0 Å². The van der Waals surface area contributed by atoms with Crippen LogP contribution in [0.5, 0.6) is 0 Å². The normalized spacial score (nSPS) is 19.6. The summed E-state index contributed by atoms with van der Waals surface area (Å²) in [5.41, 5.74) is 6.03. The molecule has 0 radical (unpaired) electrons. The van der Waals surface area contributed by atoms with Gasteiger partial charge in [0.15, 0.2) is 0 Å². The summed E-state index contributed by atoms with van der Waals surface area (Å²) in [6.45, 7) is 1.13. The summed E-state index contributed by atoms with van der Waals surface area (Å²) in [7, 11) is -3.86. The van der Waals surface area contributed by atoms with Gasteiger partial charge >= 0.3 is 0 Å². The van der Waals surface area contributed by atoms with Crippen LogP contribution in [0.3, 0.4) is 0 Å². The monoisotopic (exact) mass is 316 g/mol. The first-order valence-electron chi connectivity index (χ1n) is 7.12. The van der Waals surface area contributed by atoms with E-state index in [9.17, 15) is 12.8 Å². The maximum atomic E-state index is 13.7. The van der Waals surface area contributed by atoms with E-state index >= 15 is 0 Å². The fourth-order valence-electron chi connectivity index (χ4n) is 2.35. The third-order valence-electron chi connectivity index (χ3n) is 3.55. The molecule has 1 heterocycles. The Kier molecular flexibility index (Phi) is 5.69. The van der Waals surface area contributed by atoms with Gasteiger partial charge in [-0.1, -0.05) is 6.07 Å². The Morgan fingerprint density at radius 2 is 2.19 bits per heavy atom. The molecule has 1 saturated heterocycles. The van der Waals surface area contributed by atoms with E-state index in [1.165, 1.54) is 12.1 Å². The second kappa shape index (κ2) is 7.31. The van der Waals surface area contributed by atoms with Crippen molar-refractivity contribution < 1.29 is 17.5 Å². The molecule has 5 nitrogen and oxygen atoms in total. The molecule has 1 atom stereocenters. The van der Waals surface area contributed by atoms with Crippen molar-refractivity contribution in [2.45, 2.75) is 43.2 Å². The van der Waals surface area contributed by atoms with Crippen LogP contribution in [-0.4, -0.2) is 27.7 Å². The minimum Gasteiger partial charge on any atom is -0.378 e. The molecular weight excluding hydrogens is 295 g/mol. The molecule has 0 aromatic heterocycles. The third-order valence-corrected chi connectivity index (χ3v) is 5.03. The van der Waals surface area contributed by atoms with Gasteiger partial charge in [0.1, 0.15) is 10.7 Å². The lowest BCUT2D eigenvalue weighted by Crippen LogP contribution is -2.30. The first-order chi connectivity index (χ1) is 10.0. The molecule has 1 aromatic rings. The van der Waals surface area contributed by atoms with E-state index in [-0.39, 0.29) is 24.1 Å². The summed E-state index contributed by atoms with van der Waals surface area (Å²) in [6, 6.07) is 3.87. The molecule has 21 heavy (non-hydrogen) atoms. The van der Waals surface area contributed by atoms with Crippen molar-refractivity contribution >= 4 is 10.0 Å². The summed E-state index contributed by atoms with van der Waals surface area (Å²) in [5.74, 6) is -0.770. The van der Waals surface area contributed by atoms with E-state index in [0.717, 1.165) is 31.9 Å². The summed E-state index contributed by atoms with van der Waals surface area (Å²) < 4.78 is 45.9. The summed E-state index contributed by atoms with van der Waals surface area (Å²) in [5, 5.41) is 0. The second-order valence-electron chi connectivity index (χ2n) is 5.14. The predicted molar refractivity (Wildman–Crippen MR) is 77.7 cm³/mol. The van der Waals surface area contributed by atoms with E-state index in [4.69, 9.17) is 10.5 Å². The molecule has 0 bridgehead atoms. The van der Waals surface area contributed by atoms with Crippen molar-refractivity contribution in [1.29, 1.82) is 0 Å². The summed E-state index contributed by atoms with van der Waals surface area (Å²) in [4.78, 5) is -0.352. The number of hydrogen-bond donors (Lipinski definition) is 2. The van der Waals surface area contributed by atoms with Crippen molar-refractivity contribution in [2.75, 3.05) is 13.2 Å². The fourth-order valence-corrected chi connectivity index (χ4v) is 3.52. The molecule has 0 amide bonds. The van der Waals surface area contributed by atoms with Gasteiger partial charge in [0, 0.05) is 19.7 Å². The quantitative estimate of drug-likeness (QED) is 0.834. The largest absolute Gasteiger partial charge is 0.378 e. The number of ether oxygens (including phenoxy) is 1. The standard InChI is InChI=1S/C14H21FN2O3S/c15-13-5-4-11(10-16)9-14(13)21(18,19)17-7-6-12-3-1-2-8-20-12/h4-5,9,12,17H,1-3,6-8,10,16H2. The lowest BCUT2D eigenvalue weighted by atomic mass is 10.1. The molecule has 2 rings (SSSR count). The Bertz CT molecular complexity index is 572. The highest BCUT2D eigenvalue weighted by Crippen LogP contribution is 2.18. The molecule has 0 spiro atoms. The zero-order valence-electron chi connectivity index (χ0n) is 11.8.